The van der Waals surface area contributed by atoms with Gasteiger partial charge in [0.25, 0.3) is 0 Å². The molecule has 0 atom stereocenters. The second kappa shape index (κ2) is 8.44. The molecule has 0 aliphatic rings. The van der Waals surface area contributed by atoms with Crippen LogP contribution in [0.15, 0.2) is 12.1 Å². The van der Waals surface area contributed by atoms with Crippen molar-refractivity contribution in [3.8, 4) is 0 Å². The van der Waals surface area contributed by atoms with Crippen LogP contribution in [0.4, 0.5) is 5.69 Å². The molecule has 0 bridgehead atoms. The molecule has 0 unspecified atom stereocenters. The Labute approximate surface area is 137 Å². The molecular weight excluding hydrogens is 339 g/mol. The van der Waals surface area contributed by atoms with Crippen LogP contribution in [0.5, 0.6) is 0 Å². The van der Waals surface area contributed by atoms with Gasteiger partial charge in [0.05, 0.1) is 22.3 Å². The summed E-state index contributed by atoms with van der Waals surface area (Å²) in [4.78, 5) is 24.0. The zero-order chi connectivity index (χ0) is 16.0. The number of nitrogens with zero attached hydrogens (tertiary/aromatic N) is 1. The van der Waals surface area contributed by atoms with Gasteiger partial charge in [-0.1, -0.05) is 34.8 Å². The highest BCUT2D eigenvalue weighted by Gasteiger charge is 2.13. The van der Waals surface area contributed by atoms with E-state index in [0.29, 0.717) is 23.7 Å². The molecule has 0 radical (unpaired) electrons. The number of rotatable bonds is 7. The van der Waals surface area contributed by atoms with Crippen molar-refractivity contribution in [1.29, 1.82) is 0 Å². The Hall–Kier alpha value is -1.01. The highest BCUT2D eigenvalue weighted by molar-refractivity contribution is 6.42. The highest BCUT2D eigenvalue weighted by atomic mass is 35.5. The minimum absolute atomic E-state index is 0.0702. The van der Waals surface area contributed by atoms with Gasteiger partial charge in [0.1, 0.15) is 0 Å². The molecule has 21 heavy (non-hydrogen) atoms. The highest BCUT2D eigenvalue weighted by Crippen LogP contribution is 2.33. The van der Waals surface area contributed by atoms with Crippen LogP contribution in [-0.2, 0) is 9.59 Å². The first-order valence-corrected chi connectivity index (χ1v) is 7.27. The Bertz CT molecular complexity index is 514. The number of carboxylic acids is 1. The first kappa shape index (κ1) is 18.0. The van der Waals surface area contributed by atoms with Crippen LogP contribution in [0.3, 0.4) is 0 Å². The van der Waals surface area contributed by atoms with Gasteiger partial charge in [0.2, 0.25) is 5.91 Å². The van der Waals surface area contributed by atoms with Gasteiger partial charge in [0, 0.05) is 11.4 Å². The molecule has 8 heteroatoms. The van der Waals surface area contributed by atoms with Crippen molar-refractivity contribution in [2.75, 3.05) is 25.5 Å². The van der Waals surface area contributed by atoms with Gasteiger partial charge in [-0.05, 0) is 32.1 Å². The second-order valence-electron chi connectivity index (χ2n) is 4.53. The number of carboxylic acid groups (broad SMARTS) is 1. The number of likely N-dealkylation sites (N-methyl/N-ethyl adjacent to an activating group) is 1. The van der Waals surface area contributed by atoms with E-state index in [0.717, 1.165) is 0 Å². The zero-order valence-corrected chi connectivity index (χ0v) is 13.6. The van der Waals surface area contributed by atoms with Gasteiger partial charge < -0.3 is 10.4 Å². The van der Waals surface area contributed by atoms with E-state index in [1.54, 1.807) is 11.9 Å². The molecule has 1 aromatic rings. The summed E-state index contributed by atoms with van der Waals surface area (Å²) in [6, 6.07) is 2.97. The Morgan fingerprint density at radius 1 is 1.24 bits per heavy atom. The number of amides is 1. The molecule has 0 saturated heterocycles. The van der Waals surface area contributed by atoms with E-state index in [9.17, 15) is 9.59 Å². The molecule has 0 aliphatic carbocycles. The average molecular weight is 354 g/mol. The van der Waals surface area contributed by atoms with Gasteiger partial charge in [0.15, 0.2) is 0 Å². The number of carbonyl (C=O) groups excluding carboxylic acids is 1. The molecule has 0 fully saturated rings. The number of aliphatic carboxylic acids is 1. The molecule has 1 rings (SSSR count). The maximum atomic E-state index is 11.9. The largest absolute Gasteiger partial charge is 0.481 e. The van der Waals surface area contributed by atoms with Crippen LogP contribution in [0.2, 0.25) is 15.1 Å². The lowest BCUT2D eigenvalue weighted by Crippen LogP contribution is -2.31. The minimum Gasteiger partial charge on any atom is -0.481 e. The Kier molecular flexibility index (Phi) is 7.25. The van der Waals surface area contributed by atoms with E-state index in [-0.39, 0.29) is 28.9 Å². The Morgan fingerprint density at radius 3 is 2.33 bits per heavy atom. The van der Waals surface area contributed by atoms with Crippen LogP contribution in [0.1, 0.15) is 12.8 Å². The maximum absolute atomic E-state index is 11.9. The molecule has 116 valence electrons. The monoisotopic (exact) mass is 352 g/mol. The van der Waals surface area contributed by atoms with Crippen LogP contribution >= 0.6 is 34.8 Å². The molecule has 1 amide bonds. The molecule has 2 N–H and O–H groups in total. The third-order valence-electron chi connectivity index (χ3n) is 2.62. The van der Waals surface area contributed by atoms with Crippen LogP contribution in [0, 0.1) is 0 Å². The summed E-state index contributed by atoms with van der Waals surface area (Å²) in [6.07, 6.45) is 0.544. The summed E-state index contributed by atoms with van der Waals surface area (Å²) in [7, 11) is 1.73. The fraction of sp³-hybridized carbons (Fsp3) is 0.385. The number of hydrogen-bond acceptors (Lipinski definition) is 3. The van der Waals surface area contributed by atoms with Gasteiger partial charge in [-0.2, -0.15) is 0 Å². The van der Waals surface area contributed by atoms with Gasteiger partial charge in [-0.25, -0.2) is 0 Å². The van der Waals surface area contributed by atoms with Crippen molar-refractivity contribution >= 4 is 52.4 Å². The zero-order valence-electron chi connectivity index (χ0n) is 11.3. The molecule has 0 saturated carbocycles. The summed E-state index contributed by atoms with van der Waals surface area (Å²) in [6.45, 7) is 0.608. The Balaban J connectivity index is 2.52. The van der Waals surface area contributed by atoms with E-state index >= 15 is 0 Å². The maximum Gasteiger partial charge on any atom is 0.303 e. The lowest BCUT2D eigenvalue weighted by Gasteiger charge is -2.16. The molecule has 0 aromatic heterocycles. The van der Waals surface area contributed by atoms with Gasteiger partial charge in [-0.3, -0.25) is 14.5 Å². The van der Waals surface area contributed by atoms with Crippen molar-refractivity contribution < 1.29 is 14.7 Å². The third-order valence-corrected chi connectivity index (χ3v) is 3.43. The van der Waals surface area contributed by atoms with E-state index in [4.69, 9.17) is 39.9 Å². The van der Waals surface area contributed by atoms with E-state index in [2.05, 4.69) is 5.32 Å². The smallest absolute Gasteiger partial charge is 0.303 e. The summed E-state index contributed by atoms with van der Waals surface area (Å²) >= 11 is 17.7. The fourth-order valence-corrected chi connectivity index (χ4v) is 2.58. The standard InChI is InChI=1S/C13H15Cl3N2O3/c1-18(4-2-3-12(20)21)7-11(19)17-13-9(15)5-8(14)6-10(13)16/h5-6H,2-4,7H2,1H3,(H,17,19)(H,20,21). The lowest BCUT2D eigenvalue weighted by atomic mass is 10.3. The second-order valence-corrected chi connectivity index (χ2v) is 5.78. The number of anilines is 1. The average Bonchev–Trinajstić information content (AvgIpc) is 2.33. The van der Waals surface area contributed by atoms with Crippen molar-refractivity contribution in [2.24, 2.45) is 0 Å². The van der Waals surface area contributed by atoms with E-state index in [1.165, 1.54) is 12.1 Å². The summed E-state index contributed by atoms with van der Waals surface area (Å²) < 4.78 is 0. The van der Waals surface area contributed by atoms with Crippen molar-refractivity contribution in [1.82, 2.24) is 4.90 Å². The molecule has 1 aromatic carbocycles. The lowest BCUT2D eigenvalue weighted by molar-refractivity contribution is -0.137. The number of halogens is 3. The minimum atomic E-state index is -0.854. The van der Waals surface area contributed by atoms with Crippen LogP contribution in [-0.4, -0.2) is 42.0 Å². The number of nitrogens with one attached hydrogen (secondary N) is 1. The normalized spacial score (nSPS) is 10.7. The van der Waals surface area contributed by atoms with Crippen LogP contribution in [0.25, 0.3) is 0 Å². The molecule has 0 aliphatic heterocycles. The molecule has 5 nitrogen and oxygen atoms in total. The van der Waals surface area contributed by atoms with Crippen molar-refractivity contribution in [3.63, 3.8) is 0 Å². The number of benzene rings is 1. The van der Waals surface area contributed by atoms with Crippen molar-refractivity contribution in [2.45, 2.75) is 12.8 Å². The summed E-state index contributed by atoms with van der Waals surface area (Å²) in [5.74, 6) is -1.15. The predicted octanol–water partition coefficient (Wildman–Crippen LogP) is 3.38. The van der Waals surface area contributed by atoms with E-state index in [1.807, 2.05) is 0 Å². The van der Waals surface area contributed by atoms with E-state index < -0.39 is 5.97 Å². The SMILES string of the molecule is CN(CCCC(=O)O)CC(=O)Nc1c(Cl)cc(Cl)cc1Cl. The first-order valence-electron chi connectivity index (χ1n) is 6.14. The van der Waals surface area contributed by atoms with Gasteiger partial charge >= 0.3 is 5.97 Å². The molecular formula is C13H15Cl3N2O3. The van der Waals surface area contributed by atoms with Gasteiger partial charge in [-0.15, -0.1) is 0 Å². The third kappa shape index (κ3) is 6.52. The fourth-order valence-electron chi connectivity index (χ4n) is 1.66. The van der Waals surface area contributed by atoms with Crippen molar-refractivity contribution in [3.05, 3.63) is 27.2 Å². The number of carbonyl (C=O) groups is 2. The summed E-state index contributed by atoms with van der Waals surface area (Å²) in [5, 5.41) is 12.1. The molecule has 0 spiro atoms. The topological polar surface area (TPSA) is 69.6 Å². The quantitative estimate of drug-likeness (QED) is 0.788. The van der Waals surface area contributed by atoms with Crippen LogP contribution < -0.4 is 5.32 Å². The first-order chi connectivity index (χ1) is 9.79. The number of hydrogen-bond donors (Lipinski definition) is 2. The Morgan fingerprint density at radius 2 is 1.81 bits per heavy atom. The summed E-state index contributed by atoms with van der Waals surface area (Å²) in [5.41, 5.74) is 0.312. The molecule has 0 heterocycles. The predicted molar refractivity (Wildman–Crippen MR) is 84.5 cm³/mol.